The van der Waals surface area contributed by atoms with E-state index < -0.39 is 5.54 Å². The summed E-state index contributed by atoms with van der Waals surface area (Å²) in [6.45, 7) is 6.36. The Bertz CT molecular complexity index is 908. The van der Waals surface area contributed by atoms with Gasteiger partial charge in [-0.25, -0.2) is 4.68 Å². The van der Waals surface area contributed by atoms with Gasteiger partial charge in [0.1, 0.15) is 5.02 Å². The lowest BCUT2D eigenvalue weighted by molar-refractivity contribution is 0.338. The number of rotatable bonds is 3. The SMILES string of the molecule is CC(C)(C)n1ncc(NCc2csc3ccccc23)c(Cl)c1=O. The number of nitrogens with one attached hydrogen (secondary N) is 1. The van der Waals surface area contributed by atoms with Gasteiger partial charge in [0.05, 0.1) is 17.4 Å². The van der Waals surface area contributed by atoms with Crippen LogP contribution in [0.1, 0.15) is 26.3 Å². The third kappa shape index (κ3) is 3.12. The normalized spacial score (nSPS) is 11.8. The van der Waals surface area contributed by atoms with Crippen LogP contribution in [-0.4, -0.2) is 9.78 Å². The lowest BCUT2D eigenvalue weighted by atomic mass is 10.1. The minimum Gasteiger partial charge on any atom is -0.378 e. The largest absolute Gasteiger partial charge is 0.378 e. The van der Waals surface area contributed by atoms with Crippen molar-refractivity contribution >= 4 is 38.7 Å². The highest BCUT2D eigenvalue weighted by Gasteiger charge is 2.19. The van der Waals surface area contributed by atoms with Gasteiger partial charge in [0, 0.05) is 11.2 Å². The van der Waals surface area contributed by atoms with E-state index in [1.165, 1.54) is 20.3 Å². The Labute approximate surface area is 143 Å². The van der Waals surface area contributed by atoms with Crippen molar-refractivity contribution in [2.45, 2.75) is 32.9 Å². The summed E-state index contributed by atoms with van der Waals surface area (Å²) >= 11 is 7.94. The average Bonchev–Trinajstić information content (AvgIpc) is 2.91. The molecule has 0 aliphatic carbocycles. The molecule has 2 aromatic heterocycles. The van der Waals surface area contributed by atoms with Gasteiger partial charge >= 0.3 is 0 Å². The van der Waals surface area contributed by atoms with Crippen LogP contribution in [-0.2, 0) is 12.1 Å². The number of anilines is 1. The Morgan fingerprint density at radius 1 is 1.30 bits per heavy atom. The molecule has 0 unspecified atom stereocenters. The number of benzene rings is 1. The number of thiophene rings is 1. The molecule has 2 heterocycles. The van der Waals surface area contributed by atoms with Gasteiger partial charge in [0.2, 0.25) is 0 Å². The van der Waals surface area contributed by atoms with Gasteiger partial charge in [0.15, 0.2) is 0 Å². The molecule has 120 valence electrons. The third-order valence-electron chi connectivity index (χ3n) is 3.58. The molecule has 6 heteroatoms. The Kier molecular flexibility index (Phi) is 4.17. The van der Waals surface area contributed by atoms with Crippen LogP contribution >= 0.6 is 22.9 Å². The van der Waals surface area contributed by atoms with Gasteiger partial charge in [-0.3, -0.25) is 4.79 Å². The van der Waals surface area contributed by atoms with E-state index in [0.29, 0.717) is 12.2 Å². The van der Waals surface area contributed by atoms with E-state index in [2.05, 4.69) is 27.9 Å². The Morgan fingerprint density at radius 3 is 2.78 bits per heavy atom. The summed E-state index contributed by atoms with van der Waals surface area (Å²) in [6.07, 6.45) is 1.61. The van der Waals surface area contributed by atoms with Crippen molar-refractivity contribution in [2.24, 2.45) is 0 Å². The standard InChI is InChI=1S/C17H18ClN3OS/c1-17(2,3)21-16(22)15(18)13(9-20-21)19-8-11-10-23-14-7-5-4-6-12(11)14/h4-7,9-10,19H,8H2,1-3H3. The third-order valence-corrected chi connectivity index (χ3v) is 4.96. The number of nitrogens with zero attached hydrogens (tertiary/aromatic N) is 2. The van der Waals surface area contributed by atoms with Crippen LogP contribution in [0.3, 0.4) is 0 Å². The summed E-state index contributed by atoms with van der Waals surface area (Å²) in [5.41, 5.74) is 1.07. The molecular weight excluding hydrogens is 330 g/mol. The molecule has 0 amide bonds. The van der Waals surface area contributed by atoms with Crippen molar-refractivity contribution in [3.63, 3.8) is 0 Å². The summed E-state index contributed by atoms with van der Waals surface area (Å²) in [4.78, 5) is 12.3. The van der Waals surface area contributed by atoms with E-state index >= 15 is 0 Å². The number of aromatic nitrogens is 2. The van der Waals surface area contributed by atoms with Gasteiger partial charge in [-0.1, -0.05) is 29.8 Å². The van der Waals surface area contributed by atoms with Crippen LogP contribution in [0.15, 0.2) is 40.6 Å². The predicted molar refractivity (Wildman–Crippen MR) is 97.7 cm³/mol. The second kappa shape index (κ2) is 5.98. The van der Waals surface area contributed by atoms with E-state index in [4.69, 9.17) is 11.6 Å². The number of hydrogen-bond acceptors (Lipinski definition) is 4. The summed E-state index contributed by atoms with van der Waals surface area (Å²) in [6, 6.07) is 8.25. The van der Waals surface area contributed by atoms with Crippen molar-refractivity contribution in [3.05, 3.63) is 56.8 Å². The maximum atomic E-state index is 12.3. The van der Waals surface area contributed by atoms with Crippen molar-refractivity contribution in [1.29, 1.82) is 0 Å². The zero-order chi connectivity index (χ0) is 16.6. The molecule has 3 aromatic rings. The van der Waals surface area contributed by atoms with E-state index in [1.54, 1.807) is 17.5 Å². The smallest absolute Gasteiger partial charge is 0.288 e. The number of halogens is 1. The molecule has 0 atom stereocenters. The van der Waals surface area contributed by atoms with Gasteiger partial charge in [-0.2, -0.15) is 5.10 Å². The average molecular weight is 348 g/mol. The van der Waals surface area contributed by atoms with E-state index in [-0.39, 0.29) is 10.6 Å². The molecule has 0 aliphatic heterocycles. The van der Waals surface area contributed by atoms with Crippen molar-refractivity contribution in [3.8, 4) is 0 Å². The van der Waals surface area contributed by atoms with Gasteiger partial charge in [-0.15, -0.1) is 11.3 Å². The molecule has 0 bridgehead atoms. The fourth-order valence-electron chi connectivity index (χ4n) is 2.39. The lowest BCUT2D eigenvalue weighted by Gasteiger charge is -2.21. The van der Waals surface area contributed by atoms with Crippen molar-refractivity contribution < 1.29 is 0 Å². The van der Waals surface area contributed by atoms with Crippen LogP contribution in [0, 0.1) is 0 Å². The molecule has 3 rings (SSSR count). The van der Waals surface area contributed by atoms with Crippen LogP contribution in [0.4, 0.5) is 5.69 Å². The van der Waals surface area contributed by atoms with Gasteiger partial charge < -0.3 is 5.32 Å². The van der Waals surface area contributed by atoms with Crippen LogP contribution in [0.5, 0.6) is 0 Å². The summed E-state index contributed by atoms with van der Waals surface area (Å²) in [5.74, 6) is 0. The monoisotopic (exact) mass is 347 g/mol. The molecule has 0 radical (unpaired) electrons. The van der Waals surface area contributed by atoms with Crippen molar-refractivity contribution in [2.75, 3.05) is 5.32 Å². The van der Waals surface area contributed by atoms with E-state index in [1.807, 2.05) is 32.9 Å². The first-order valence-electron chi connectivity index (χ1n) is 7.35. The first-order chi connectivity index (χ1) is 10.9. The first-order valence-corrected chi connectivity index (χ1v) is 8.61. The molecule has 0 fully saturated rings. The number of fused-ring (bicyclic) bond motifs is 1. The van der Waals surface area contributed by atoms with Gasteiger partial charge in [-0.05, 0) is 43.2 Å². The molecule has 0 spiro atoms. The van der Waals surface area contributed by atoms with Crippen LogP contribution < -0.4 is 10.9 Å². The molecule has 23 heavy (non-hydrogen) atoms. The molecule has 1 aromatic carbocycles. The Hall–Kier alpha value is -1.85. The highest BCUT2D eigenvalue weighted by atomic mass is 35.5. The minimum atomic E-state index is -0.400. The minimum absolute atomic E-state index is 0.175. The number of hydrogen-bond donors (Lipinski definition) is 1. The fourth-order valence-corrected chi connectivity index (χ4v) is 3.55. The van der Waals surface area contributed by atoms with Crippen molar-refractivity contribution in [1.82, 2.24) is 9.78 Å². The summed E-state index contributed by atoms with van der Waals surface area (Å²) < 4.78 is 2.65. The van der Waals surface area contributed by atoms with Gasteiger partial charge in [0.25, 0.3) is 5.56 Å². The topological polar surface area (TPSA) is 46.9 Å². The van der Waals surface area contributed by atoms with E-state index in [9.17, 15) is 4.79 Å². The predicted octanol–water partition coefficient (Wildman–Crippen LogP) is 4.48. The Balaban J connectivity index is 1.87. The molecule has 0 saturated carbocycles. The second-order valence-corrected chi connectivity index (χ2v) is 7.66. The first kappa shape index (κ1) is 16.0. The zero-order valence-electron chi connectivity index (χ0n) is 13.3. The fraction of sp³-hybridized carbons (Fsp3) is 0.294. The highest BCUT2D eigenvalue weighted by molar-refractivity contribution is 7.17. The molecule has 1 N–H and O–H groups in total. The Morgan fingerprint density at radius 2 is 2.04 bits per heavy atom. The lowest BCUT2D eigenvalue weighted by Crippen LogP contribution is -2.36. The highest BCUT2D eigenvalue weighted by Crippen LogP contribution is 2.27. The maximum Gasteiger partial charge on any atom is 0.288 e. The maximum absolute atomic E-state index is 12.3. The molecule has 0 aliphatic rings. The second-order valence-electron chi connectivity index (χ2n) is 6.37. The summed E-state index contributed by atoms with van der Waals surface area (Å²) in [5, 5.41) is 11.0. The summed E-state index contributed by atoms with van der Waals surface area (Å²) in [7, 11) is 0. The molecule has 0 saturated heterocycles. The van der Waals surface area contributed by atoms with Crippen LogP contribution in [0.25, 0.3) is 10.1 Å². The van der Waals surface area contributed by atoms with Crippen LogP contribution in [0.2, 0.25) is 5.02 Å². The quantitative estimate of drug-likeness (QED) is 0.760. The molecule has 4 nitrogen and oxygen atoms in total. The molecular formula is C17H18ClN3OS. The van der Waals surface area contributed by atoms with E-state index in [0.717, 1.165) is 0 Å². The zero-order valence-corrected chi connectivity index (χ0v) is 14.8.